The van der Waals surface area contributed by atoms with Crippen LogP contribution in [0.25, 0.3) is 10.9 Å². The van der Waals surface area contributed by atoms with Gasteiger partial charge >= 0.3 is 0 Å². The van der Waals surface area contributed by atoms with E-state index in [1.165, 1.54) is 10.9 Å². The van der Waals surface area contributed by atoms with E-state index in [0.717, 1.165) is 24.5 Å². The maximum atomic E-state index is 12.7. The lowest BCUT2D eigenvalue weighted by molar-refractivity contribution is -0.131. The zero-order valence-corrected chi connectivity index (χ0v) is 16.5. The Hall–Kier alpha value is -3.35. The molecule has 0 unspecified atom stereocenters. The van der Waals surface area contributed by atoms with E-state index >= 15 is 0 Å². The van der Waals surface area contributed by atoms with E-state index in [1.54, 1.807) is 13.2 Å². The average molecular weight is 392 g/mol. The molecule has 1 aliphatic rings. The second kappa shape index (κ2) is 8.34. The van der Waals surface area contributed by atoms with Crippen LogP contribution in [-0.4, -0.2) is 53.6 Å². The molecule has 4 rings (SSSR count). The Labute approximate surface area is 169 Å². The van der Waals surface area contributed by atoms with Gasteiger partial charge in [0, 0.05) is 39.1 Å². The number of carbonyl (C=O) groups excluding carboxylic acids is 1. The van der Waals surface area contributed by atoms with E-state index in [0.29, 0.717) is 30.5 Å². The summed E-state index contributed by atoms with van der Waals surface area (Å²) in [5, 5.41) is 0.577. The first-order valence-electron chi connectivity index (χ1n) is 9.77. The zero-order valence-electron chi connectivity index (χ0n) is 16.5. The molecule has 1 aliphatic heterocycles. The fraction of sp³-hybridized carbons (Fsp3) is 0.318. The molecule has 1 fully saturated rings. The standard InChI is InChI=1S/C22H24N4O3/c1-29-20-9-5-4-8-19(20)24-12-14-25(15-13-24)21(27)10-11-26-16-23-18-7-3-2-6-17(18)22(26)28/h2-9,16H,10-15H2,1H3. The van der Waals surface area contributed by atoms with Crippen LogP contribution in [0.15, 0.2) is 59.7 Å². The third kappa shape index (κ3) is 3.94. The molecule has 1 amide bonds. The number of aryl methyl sites for hydroxylation is 1. The smallest absolute Gasteiger partial charge is 0.261 e. The summed E-state index contributed by atoms with van der Waals surface area (Å²) < 4.78 is 6.96. The minimum Gasteiger partial charge on any atom is -0.495 e. The van der Waals surface area contributed by atoms with Gasteiger partial charge in [-0.15, -0.1) is 0 Å². The molecule has 0 aliphatic carbocycles. The molecule has 29 heavy (non-hydrogen) atoms. The number of para-hydroxylation sites is 3. The van der Waals surface area contributed by atoms with Crippen molar-refractivity contribution in [2.75, 3.05) is 38.2 Å². The van der Waals surface area contributed by atoms with Gasteiger partial charge in [-0.25, -0.2) is 4.98 Å². The van der Waals surface area contributed by atoms with Crippen LogP contribution in [0.3, 0.4) is 0 Å². The molecule has 2 aromatic carbocycles. The molecule has 1 saturated heterocycles. The van der Waals surface area contributed by atoms with Crippen molar-refractivity contribution < 1.29 is 9.53 Å². The summed E-state index contributed by atoms with van der Waals surface area (Å²) in [6.45, 7) is 3.15. The third-order valence-electron chi connectivity index (χ3n) is 5.36. The molecular weight excluding hydrogens is 368 g/mol. The lowest BCUT2D eigenvalue weighted by Crippen LogP contribution is -2.49. The number of benzene rings is 2. The Bertz CT molecular complexity index is 1070. The SMILES string of the molecule is COc1ccccc1N1CCN(C(=O)CCn2cnc3ccccc3c2=O)CC1. The van der Waals surface area contributed by atoms with Gasteiger partial charge in [0.25, 0.3) is 5.56 Å². The van der Waals surface area contributed by atoms with E-state index < -0.39 is 0 Å². The van der Waals surface area contributed by atoms with Crippen molar-refractivity contribution in [2.45, 2.75) is 13.0 Å². The summed E-state index contributed by atoms with van der Waals surface area (Å²) in [4.78, 5) is 33.6. The number of nitrogens with zero attached hydrogens (tertiary/aromatic N) is 4. The minimum atomic E-state index is -0.107. The highest BCUT2D eigenvalue weighted by Crippen LogP contribution is 2.28. The molecule has 150 valence electrons. The van der Waals surface area contributed by atoms with E-state index in [2.05, 4.69) is 9.88 Å². The van der Waals surface area contributed by atoms with Crippen LogP contribution in [0.4, 0.5) is 5.69 Å². The van der Waals surface area contributed by atoms with Gasteiger partial charge in [0.15, 0.2) is 0 Å². The number of rotatable bonds is 5. The molecule has 3 aromatic rings. The summed E-state index contributed by atoms with van der Waals surface area (Å²) >= 11 is 0. The van der Waals surface area contributed by atoms with Crippen LogP contribution < -0.4 is 15.2 Å². The van der Waals surface area contributed by atoms with Crippen molar-refractivity contribution in [1.29, 1.82) is 0 Å². The third-order valence-corrected chi connectivity index (χ3v) is 5.36. The van der Waals surface area contributed by atoms with Crippen LogP contribution in [0.5, 0.6) is 5.75 Å². The van der Waals surface area contributed by atoms with Crippen molar-refractivity contribution in [3.05, 3.63) is 65.2 Å². The second-order valence-corrected chi connectivity index (χ2v) is 7.05. The lowest BCUT2D eigenvalue weighted by Gasteiger charge is -2.36. The summed E-state index contributed by atoms with van der Waals surface area (Å²) in [5.74, 6) is 0.903. The number of ether oxygens (including phenoxy) is 1. The Morgan fingerprint density at radius 3 is 2.55 bits per heavy atom. The number of hydrogen-bond acceptors (Lipinski definition) is 5. The fourth-order valence-electron chi connectivity index (χ4n) is 3.73. The monoisotopic (exact) mass is 392 g/mol. The Morgan fingerprint density at radius 1 is 1.03 bits per heavy atom. The van der Waals surface area contributed by atoms with Crippen LogP contribution in [-0.2, 0) is 11.3 Å². The maximum Gasteiger partial charge on any atom is 0.261 e. The van der Waals surface area contributed by atoms with Crippen LogP contribution in [0.2, 0.25) is 0 Å². The van der Waals surface area contributed by atoms with Crippen LogP contribution in [0, 0.1) is 0 Å². The molecule has 0 bridgehead atoms. The van der Waals surface area contributed by atoms with E-state index in [9.17, 15) is 9.59 Å². The number of carbonyl (C=O) groups is 1. The molecule has 2 heterocycles. The highest BCUT2D eigenvalue weighted by Gasteiger charge is 2.22. The van der Waals surface area contributed by atoms with Crippen molar-refractivity contribution in [2.24, 2.45) is 0 Å². The molecule has 0 saturated carbocycles. The summed E-state index contributed by atoms with van der Waals surface area (Å²) in [6, 6.07) is 15.2. The Kier molecular flexibility index (Phi) is 5.46. The topological polar surface area (TPSA) is 67.7 Å². The quantitative estimate of drug-likeness (QED) is 0.666. The average Bonchev–Trinajstić information content (AvgIpc) is 2.78. The van der Waals surface area contributed by atoms with Crippen molar-refractivity contribution in [3.63, 3.8) is 0 Å². The first-order valence-corrected chi connectivity index (χ1v) is 9.77. The first-order chi connectivity index (χ1) is 14.2. The molecule has 7 heteroatoms. The van der Waals surface area contributed by atoms with Crippen molar-refractivity contribution >= 4 is 22.5 Å². The first kappa shape index (κ1) is 19.0. The van der Waals surface area contributed by atoms with Crippen molar-refractivity contribution in [3.8, 4) is 5.75 Å². The Balaban J connectivity index is 1.36. The molecule has 0 N–H and O–H groups in total. The highest BCUT2D eigenvalue weighted by molar-refractivity contribution is 5.78. The number of piperazine rings is 1. The molecule has 7 nitrogen and oxygen atoms in total. The van der Waals surface area contributed by atoms with Gasteiger partial charge in [-0.1, -0.05) is 24.3 Å². The molecule has 0 spiro atoms. The molecule has 1 aromatic heterocycles. The van der Waals surface area contributed by atoms with E-state index in [-0.39, 0.29) is 17.9 Å². The number of methoxy groups -OCH3 is 1. The zero-order chi connectivity index (χ0) is 20.2. The molecule has 0 radical (unpaired) electrons. The fourth-order valence-corrected chi connectivity index (χ4v) is 3.73. The largest absolute Gasteiger partial charge is 0.495 e. The van der Waals surface area contributed by atoms with Gasteiger partial charge in [-0.3, -0.25) is 14.2 Å². The predicted octanol–water partition coefficient (Wildman–Crippen LogP) is 2.14. The maximum absolute atomic E-state index is 12.7. The summed E-state index contributed by atoms with van der Waals surface area (Å²) in [6.07, 6.45) is 1.81. The van der Waals surface area contributed by atoms with Gasteiger partial charge in [-0.05, 0) is 24.3 Å². The predicted molar refractivity (Wildman–Crippen MR) is 112 cm³/mol. The molecule has 0 atom stereocenters. The number of anilines is 1. The van der Waals surface area contributed by atoms with Gasteiger partial charge in [0.05, 0.1) is 30.0 Å². The van der Waals surface area contributed by atoms with Gasteiger partial charge in [-0.2, -0.15) is 0 Å². The van der Waals surface area contributed by atoms with Gasteiger partial charge in [0.1, 0.15) is 5.75 Å². The normalized spacial score (nSPS) is 14.2. The van der Waals surface area contributed by atoms with Gasteiger partial charge in [0.2, 0.25) is 5.91 Å². The van der Waals surface area contributed by atoms with Gasteiger partial charge < -0.3 is 14.5 Å². The van der Waals surface area contributed by atoms with E-state index in [1.807, 2.05) is 47.4 Å². The Morgan fingerprint density at radius 2 is 1.76 bits per heavy atom. The lowest BCUT2D eigenvalue weighted by atomic mass is 10.2. The number of amides is 1. The van der Waals surface area contributed by atoms with Crippen molar-refractivity contribution in [1.82, 2.24) is 14.5 Å². The van der Waals surface area contributed by atoms with Crippen LogP contribution >= 0.6 is 0 Å². The number of fused-ring (bicyclic) bond motifs is 1. The number of hydrogen-bond donors (Lipinski definition) is 0. The second-order valence-electron chi connectivity index (χ2n) is 7.05. The van der Waals surface area contributed by atoms with Crippen LogP contribution in [0.1, 0.15) is 6.42 Å². The summed E-state index contributed by atoms with van der Waals surface area (Å²) in [7, 11) is 1.67. The minimum absolute atomic E-state index is 0.0599. The number of aromatic nitrogens is 2. The molecular formula is C22H24N4O3. The highest BCUT2D eigenvalue weighted by atomic mass is 16.5. The van der Waals surface area contributed by atoms with E-state index in [4.69, 9.17) is 4.74 Å². The summed E-state index contributed by atoms with van der Waals surface area (Å²) in [5.41, 5.74) is 1.62.